The molecule has 0 saturated heterocycles. The van der Waals surface area contributed by atoms with Crippen molar-refractivity contribution < 1.29 is 5.11 Å². The molecule has 1 aliphatic heterocycles. The summed E-state index contributed by atoms with van der Waals surface area (Å²) in [6.45, 7) is 0. The van der Waals surface area contributed by atoms with Crippen LogP contribution in [0.15, 0.2) is 33.7 Å². The summed E-state index contributed by atoms with van der Waals surface area (Å²) in [5.41, 5.74) is 1.18. The number of aliphatic imine (C=N–C) groups is 1. The van der Waals surface area contributed by atoms with E-state index in [-0.39, 0.29) is 6.10 Å². The smallest absolute Gasteiger partial charge is 0.0995 e. The number of rotatable bonds is 1. The Labute approximate surface area is 114 Å². The second-order valence-electron chi connectivity index (χ2n) is 4.60. The minimum absolute atomic E-state index is 0.127. The predicted molar refractivity (Wildman–Crippen MR) is 75.7 cm³/mol. The molecule has 2 aliphatic rings. The first kappa shape index (κ1) is 11.8. The van der Waals surface area contributed by atoms with E-state index in [0.717, 1.165) is 28.8 Å². The summed E-state index contributed by atoms with van der Waals surface area (Å²) in [5.74, 6) is 0. The number of fused-ring (bicyclic) bond motifs is 1. The van der Waals surface area contributed by atoms with Gasteiger partial charge >= 0.3 is 0 Å². The van der Waals surface area contributed by atoms with Gasteiger partial charge in [0.15, 0.2) is 0 Å². The first-order valence-corrected chi connectivity index (χ1v) is 7.59. The summed E-state index contributed by atoms with van der Waals surface area (Å²) in [6, 6.07) is 8.62. The minimum Gasteiger partial charge on any atom is -0.393 e. The van der Waals surface area contributed by atoms with Crippen molar-refractivity contribution in [2.45, 2.75) is 36.7 Å². The van der Waals surface area contributed by atoms with E-state index in [9.17, 15) is 5.11 Å². The van der Waals surface area contributed by atoms with Gasteiger partial charge in [0.25, 0.3) is 0 Å². The molecule has 0 amide bonds. The van der Waals surface area contributed by atoms with Gasteiger partial charge < -0.3 is 5.11 Å². The Morgan fingerprint density at radius 2 is 2.12 bits per heavy atom. The van der Waals surface area contributed by atoms with Gasteiger partial charge in [-0.1, -0.05) is 34.1 Å². The van der Waals surface area contributed by atoms with Crippen LogP contribution in [0.1, 0.15) is 24.8 Å². The molecule has 4 heteroatoms. The normalized spacial score (nSPS) is 32.1. The minimum atomic E-state index is -0.127. The Kier molecular flexibility index (Phi) is 3.28. The lowest BCUT2D eigenvalue weighted by atomic mass is 9.93. The van der Waals surface area contributed by atoms with E-state index in [4.69, 9.17) is 4.99 Å². The van der Waals surface area contributed by atoms with Gasteiger partial charge in [-0.3, -0.25) is 4.99 Å². The SMILES string of the molecule is OC1CCC2N=C(c3ccccc3Br)SC2C1. The van der Waals surface area contributed by atoms with Crippen molar-refractivity contribution in [3.63, 3.8) is 0 Å². The van der Waals surface area contributed by atoms with E-state index in [1.54, 1.807) is 0 Å². The highest BCUT2D eigenvalue weighted by Gasteiger charge is 2.36. The van der Waals surface area contributed by atoms with Crippen molar-refractivity contribution >= 4 is 32.7 Å². The number of nitrogens with zero attached hydrogens (tertiary/aromatic N) is 1. The van der Waals surface area contributed by atoms with Crippen LogP contribution in [-0.4, -0.2) is 27.5 Å². The molecule has 1 saturated carbocycles. The summed E-state index contributed by atoms with van der Waals surface area (Å²) in [4.78, 5) is 4.81. The zero-order valence-electron chi connectivity index (χ0n) is 9.34. The molecule has 0 spiro atoms. The van der Waals surface area contributed by atoms with Crippen molar-refractivity contribution in [3.8, 4) is 0 Å². The highest BCUT2D eigenvalue weighted by atomic mass is 79.9. The maximum Gasteiger partial charge on any atom is 0.0995 e. The highest BCUT2D eigenvalue weighted by molar-refractivity contribution is 9.10. The summed E-state index contributed by atoms with van der Waals surface area (Å²) in [5, 5.41) is 11.3. The molecule has 3 unspecified atom stereocenters. The van der Waals surface area contributed by atoms with Crippen molar-refractivity contribution in [2.75, 3.05) is 0 Å². The van der Waals surface area contributed by atoms with Crippen LogP contribution in [0, 0.1) is 0 Å². The van der Waals surface area contributed by atoms with Crippen molar-refractivity contribution in [1.82, 2.24) is 0 Å². The number of aliphatic hydroxyl groups is 1. The molecule has 3 atom stereocenters. The first-order chi connectivity index (χ1) is 8.24. The molecule has 1 aromatic carbocycles. The molecule has 1 N–H and O–H groups in total. The van der Waals surface area contributed by atoms with Crippen LogP contribution < -0.4 is 0 Å². The molecule has 90 valence electrons. The van der Waals surface area contributed by atoms with Crippen LogP contribution in [0.3, 0.4) is 0 Å². The number of aliphatic hydroxyl groups excluding tert-OH is 1. The standard InChI is InChI=1S/C13H14BrNOS/c14-10-4-2-1-3-9(10)13-15-11-6-5-8(16)7-12(11)17-13/h1-4,8,11-12,16H,5-7H2. The lowest BCUT2D eigenvalue weighted by molar-refractivity contribution is 0.127. The van der Waals surface area contributed by atoms with Gasteiger partial charge in [0, 0.05) is 15.3 Å². The number of hydrogen-bond donors (Lipinski definition) is 1. The fourth-order valence-corrected chi connectivity index (χ4v) is 4.52. The summed E-state index contributed by atoms with van der Waals surface area (Å²) >= 11 is 5.40. The van der Waals surface area contributed by atoms with Gasteiger partial charge in [-0.25, -0.2) is 0 Å². The van der Waals surface area contributed by atoms with Crippen LogP contribution in [0.4, 0.5) is 0 Å². The maximum absolute atomic E-state index is 9.69. The summed E-state index contributed by atoms with van der Waals surface area (Å²) < 4.78 is 1.10. The molecule has 1 aromatic rings. The van der Waals surface area contributed by atoms with Crippen LogP contribution in [0.25, 0.3) is 0 Å². The average Bonchev–Trinajstić information content (AvgIpc) is 2.72. The van der Waals surface area contributed by atoms with E-state index in [1.807, 2.05) is 23.9 Å². The molecule has 0 aromatic heterocycles. The lowest BCUT2D eigenvalue weighted by Crippen LogP contribution is -2.30. The fraction of sp³-hybridized carbons (Fsp3) is 0.462. The van der Waals surface area contributed by atoms with E-state index in [1.165, 1.54) is 5.56 Å². The molecule has 3 rings (SSSR count). The third kappa shape index (κ3) is 2.30. The highest BCUT2D eigenvalue weighted by Crippen LogP contribution is 2.40. The summed E-state index contributed by atoms with van der Waals surface area (Å²) in [7, 11) is 0. The molecule has 0 bridgehead atoms. The Bertz CT molecular complexity index is 462. The molecule has 1 aliphatic carbocycles. The van der Waals surface area contributed by atoms with Crippen LogP contribution >= 0.6 is 27.7 Å². The van der Waals surface area contributed by atoms with Crippen LogP contribution in [0.5, 0.6) is 0 Å². The van der Waals surface area contributed by atoms with Gasteiger partial charge in [0.1, 0.15) is 0 Å². The van der Waals surface area contributed by atoms with Gasteiger partial charge in [-0.05, 0) is 25.3 Å². The first-order valence-electron chi connectivity index (χ1n) is 5.91. The fourth-order valence-electron chi connectivity index (χ4n) is 2.46. The van der Waals surface area contributed by atoms with Gasteiger partial charge in [-0.15, -0.1) is 11.8 Å². The van der Waals surface area contributed by atoms with Crippen molar-refractivity contribution in [3.05, 3.63) is 34.3 Å². The number of thioether (sulfide) groups is 1. The topological polar surface area (TPSA) is 32.6 Å². The van der Waals surface area contributed by atoms with Crippen molar-refractivity contribution in [1.29, 1.82) is 0 Å². The molecular weight excluding hydrogens is 298 g/mol. The monoisotopic (exact) mass is 311 g/mol. The van der Waals surface area contributed by atoms with Gasteiger partial charge in [-0.2, -0.15) is 0 Å². The van der Waals surface area contributed by atoms with E-state index in [2.05, 4.69) is 28.1 Å². The predicted octanol–water partition coefficient (Wildman–Crippen LogP) is 3.22. The molecule has 1 fully saturated rings. The van der Waals surface area contributed by atoms with E-state index in [0.29, 0.717) is 11.3 Å². The number of benzene rings is 1. The van der Waals surface area contributed by atoms with Gasteiger partial charge in [0.05, 0.1) is 17.2 Å². The average molecular weight is 312 g/mol. The Morgan fingerprint density at radius 1 is 1.29 bits per heavy atom. The Morgan fingerprint density at radius 3 is 2.94 bits per heavy atom. The van der Waals surface area contributed by atoms with Gasteiger partial charge in [0.2, 0.25) is 0 Å². The zero-order valence-corrected chi connectivity index (χ0v) is 11.7. The maximum atomic E-state index is 9.69. The largest absolute Gasteiger partial charge is 0.393 e. The third-order valence-electron chi connectivity index (χ3n) is 3.38. The molecular formula is C13H14BrNOS. The quantitative estimate of drug-likeness (QED) is 0.863. The Balaban J connectivity index is 1.85. The number of hydrogen-bond acceptors (Lipinski definition) is 3. The number of halogens is 1. The summed E-state index contributed by atoms with van der Waals surface area (Å²) in [6.07, 6.45) is 2.67. The zero-order chi connectivity index (χ0) is 11.8. The lowest BCUT2D eigenvalue weighted by Gasteiger charge is -2.26. The molecule has 1 heterocycles. The third-order valence-corrected chi connectivity index (χ3v) is 5.43. The molecule has 17 heavy (non-hydrogen) atoms. The second kappa shape index (κ2) is 4.75. The van der Waals surface area contributed by atoms with Crippen LogP contribution in [0.2, 0.25) is 0 Å². The molecule has 0 radical (unpaired) electrons. The van der Waals surface area contributed by atoms with E-state index >= 15 is 0 Å². The van der Waals surface area contributed by atoms with Crippen LogP contribution in [-0.2, 0) is 0 Å². The van der Waals surface area contributed by atoms with Crippen molar-refractivity contribution in [2.24, 2.45) is 4.99 Å². The Hall–Kier alpha value is -0.320. The van der Waals surface area contributed by atoms with E-state index < -0.39 is 0 Å². The molecule has 2 nitrogen and oxygen atoms in total. The second-order valence-corrected chi connectivity index (χ2v) is 6.69.